The first kappa shape index (κ1) is 12.6. The fourth-order valence-electron chi connectivity index (χ4n) is 1.57. The summed E-state index contributed by atoms with van der Waals surface area (Å²) in [6, 6.07) is 0. The van der Waals surface area contributed by atoms with Crippen molar-refractivity contribution in [3.63, 3.8) is 0 Å². The Balaban J connectivity index is 2.34. The van der Waals surface area contributed by atoms with Gasteiger partial charge in [-0.3, -0.25) is 0 Å². The predicted molar refractivity (Wildman–Crippen MR) is 65.2 cm³/mol. The summed E-state index contributed by atoms with van der Waals surface area (Å²) in [6.45, 7) is 4.00. The molecule has 1 unspecified atom stereocenters. The van der Waals surface area contributed by atoms with E-state index in [1.54, 1.807) is 0 Å². The Morgan fingerprint density at radius 3 is 2.93 bits per heavy atom. The molecule has 0 saturated carbocycles. The summed E-state index contributed by atoms with van der Waals surface area (Å²) in [7, 11) is 0. The van der Waals surface area contributed by atoms with Crippen molar-refractivity contribution in [3.8, 4) is 0 Å². The standard InChI is InChI=1S/C12H20O2S/c1-10(2)15-12(13)14-11-8-6-4-3-5-7-9-11/h6,8,10-11H,3-5,7,9H2,1-2H3/b8-6+. The summed E-state index contributed by atoms with van der Waals surface area (Å²) in [5, 5.41) is 0.162. The van der Waals surface area contributed by atoms with E-state index in [2.05, 4.69) is 6.08 Å². The number of ether oxygens (including phenoxy) is 1. The maximum atomic E-state index is 11.4. The Hall–Kier alpha value is -0.440. The Labute approximate surface area is 96.5 Å². The third-order valence-electron chi connectivity index (χ3n) is 2.29. The average molecular weight is 228 g/mol. The Bertz CT molecular complexity index is 224. The molecule has 0 heterocycles. The SMILES string of the molecule is CC(C)SC(=O)OC1/C=C/CCCCC1. The van der Waals surface area contributed by atoms with E-state index in [4.69, 9.17) is 4.74 Å². The Kier molecular flexibility index (Phi) is 5.84. The molecule has 0 aromatic rings. The molecular formula is C12H20O2S. The molecule has 0 saturated heterocycles. The van der Waals surface area contributed by atoms with Crippen LogP contribution in [-0.2, 0) is 4.74 Å². The summed E-state index contributed by atoms with van der Waals surface area (Å²) >= 11 is 1.27. The summed E-state index contributed by atoms with van der Waals surface area (Å²) < 4.78 is 5.37. The van der Waals surface area contributed by atoms with Gasteiger partial charge in [0, 0.05) is 5.25 Å². The van der Waals surface area contributed by atoms with Crippen LogP contribution in [0.2, 0.25) is 0 Å². The lowest BCUT2D eigenvalue weighted by Gasteiger charge is -2.16. The number of allylic oxidation sites excluding steroid dienone is 1. The van der Waals surface area contributed by atoms with Crippen molar-refractivity contribution in [2.75, 3.05) is 0 Å². The molecule has 1 aliphatic rings. The van der Waals surface area contributed by atoms with Crippen LogP contribution >= 0.6 is 11.8 Å². The van der Waals surface area contributed by atoms with Gasteiger partial charge in [0.1, 0.15) is 6.10 Å². The lowest BCUT2D eigenvalue weighted by atomic mass is 10.0. The fourth-order valence-corrected chi connectivity index (χ4v) is 2.13. The Morgan fingerprint density at radius 2 is 2.20 bits per heavy atom. The number of hydrogen-bond acceptors (Lipinski definition) is 3. The van der Waals surface area contributed by atoms with E-state index in [0.29, 0.717) is 5.25 Å². The highest BCUT2D eigenvalue weighted by Gasteiger charge is 2.14. The monoisotopic (exact) mass is 228 g/mol. The third kappa shape index (κ3) is 5.88. The Morgan fingerprint density at radius 1 is 1.40 bits per heavy atom. The number of thioether (sulfide) groups is 1. The molecule has 0 radical (unpaired) electrons. The van der Waals surface area contributed by atoms with E-state index in [1.165, 1.54) is 24.6 Å². The first-order chi connectivity index (χ1) is 7.18. The van der Waals surface area contributed by atoms with Crippen LogP contribution in [0.3, 0.4) is 0 Å². The van der Waals surface area contributed by atoms with Gasteiger partial charge in [-0.25, -0.2) is 4.79 Å². The van der Waals surface area contributed by atoms with Gasteiger partial charge in [-0.15, -0.1) is 0 Å². The molecule has 15 heavy (non-hydrogen) atoms. The van der Waals surface area contributed by atoms with Crippen molar-refractivity contribution in [3.05, 3.63) is 12.2 Å². The van der Waals surface area contributed by atoms with Crippen LogP contribution in [0, 0.1) is 0 Å². The van der Waals surface area contributed by atoms with E-state index in [1.807, 2.05) is 19.9 Å². The van der Waals surface area contributed by atoms with Gasteiger partial charge in [-0.2, -0.15) is 0 Å². The molecule has 0 fully saturated rings. The van der Waals surface area contributed by atoms with Gasteiger partial charge in [0.25, 0.3) is 0 Å². The fraction of sp³-hybridized carbons (Fsp3) is 0.750. The van der Waals surface area contributed by atoms with E-state index >= 15 is 0 Å². The molecule has 0 aromatic carbocycles. The maximum Gasteiger partial charge on any atom is 0.368 e. The van der Waals surface area contributed by atoms with E-state index in [-0.39, 0.29) is 11.4 Å². The van der Waals surface area contributed by atoms with Gasteiger partial charge >= 0.3 is 5.30 Å². The van der Waals surface area contributed by atoms with Crippen molar-refractivity contribution in [1.29, 1.82) is 0 Å². The summed E-state index contributed by atoms with van der Waals surface area (Å²) in [4.78, 5) is 11.4. The van der Waals surface area contributed by atoms with Crippen molar-refractivity contribution < 1.29 is 9.53 Å². The molecule has 2 nitrogen and oxygen atoms in total. The molecule has 86 valence electrons. The first-order valence-electron chi connectivity index (χ1n) is 5.72. The van der Waals surface area contributed by atoms with Crippen molar-refractivity contribution in [1.82, 2.24) is 0 Å². The minimum absolute atomic E-state index is 0.00375. The lowest BCUT2D eigenvalue weighted by molar-refractivity contribution is 0.139. The van der Waals surface area contributed by atoms with Crippen LogP contribution in [-0.4, -0.2) is 16.7 Å². The van der Waals surface area contributed by atoms with Crippen LogP contribution in [0.15, 0.2) is 12.2 Å². The summed E-state index contributed by atoms with van der Waals surface area (Å²) in [5.74, 6) is 0. The van der Waals surface area contributed by atoms with Gasteiger partial charge < -0.3 is 4.74 Å². The highest BCUT2D eigenvalue weighted by atomic mass is 32.2. The van der Waals surface area contributed by atoms with Crippen molar-refractivity contribution in [2.24, 2.45) is 0 Å². The minimum Gasteiger partial charge on any atom is -0.450 e. The zero-order valence-corrected chi connectivity index (χ0v) is 10.4. The number of hydrogen-bond donors (Lipinski definition) is 0. The maximum absolute atomic E-state index is 11.4. The van der Waals surface area contributed by atoms with Crippen LogP contribution in [0.25, 0.3) is 0 Å². The quantitative estimate of drug-likeness (QED) is 0.524. The second-order valence-electron chi connectivity index (χ2n) is 4.14. The van der Waals surface area contributed by atoms with Gasteiger partial charge in [0.15, 0.2) is 0 Å². The second kappa shape index (κ2) is 6.94. The summed E-state index contributed by atoms with van der Waals surface area (Å²) in [6.07, 6.45) is 9.94. The van der Waals surface area contributed by atoms with Crippen molar-refractivity contribution >= 4 is 17.1 Å². The third-order valence-corrected chi connectivity index (χ3v) is 3.05. The van der Waals surface area contributed by atoms with Gasteiger partial charge in [0.2, 0.25) is 0 Å². The molecule has 0 bridgehead atoms. The van der Waals surface area contributed by atoms with E-state index in [9.17, 15) is 4.79 Å². The van der Waals surface area contributed by atoms with Crippen LogP contribution in [0.4, 0.5) is 4.79 Å². The molecule has 1 aliphatic carbocycles. The smallest absolute Gasteiger partial charge is 0.368 e. The average Bonchev–Trinajstić information content (AvgIpc) is 2.08. The molecule has 0 spiro atoms. The topological polar surface area (TPSA) is 26.3 Å². The van der Waals surface area contributed by atoms with Gasteiger partial charge in [-0.1, -0.05) is 26.3 Å². The number of rotatable bonds is 2. The van der Waals surface area contributed by atoms with Gasteiger partial charge in [0.05, 0.1) is 0 Å². The predicted octanol–water partition coefficient (Wildman–Crippen LogP) is 4.15. The summed E-state index contributed by atoms with van der Waals surface area (Å²) in [5.41, 5.74) is 0. The molecule has 0 aliphatic heterocycles. The molecule has 0 amide bonds. The van der Waals surface area contributed by atoms with Crippen LogP contribution in [0.5, 0.6) is 0 Å². The van der Waals surface area contributed by atoms with E-state index in [0.717, 1.165) is 19.3 Å². The molecule has 1 atom stereocenters. The lowest BCUT2D eigenvalue weighted by Crippen LogP contribution is -2.14. The number of carbonyl (C=O) groups is 1. The zero-order valence-electron chi connectivity index (χ0n) is 9.57. The normalized spacial score (nSPS) is 24.3. The zero-order chi connectivity index (χ0) is 11.1. The molecular weight excluding hydrogens is 208 g/mol. The van der Waals surface area contributed by atoms with E-state index < -0.39 is 0 Å². The molecule has 0 N–H and O–H groups in total. The highest BCUT2D eigenvalue weighted by Crippen LogP contribution is 2.19. The largest absolute Gasteiger partial charge is 0.450 e. The van der Waals surface area contributed by atoms with Crippen LogP contribution < -0.4 is 0 Å². The molecule has 0 aromatic heterocycles. The molecule has 3 heteroatoms. The van der Waals surface area contributed by atoms with Crippen LogP contribution in [0.1, 0.15) is 46.0 Å². The second-order valence-corrected chi connectivity index (χ2v) is 5.65. The first-order valence-corrected chi connectivity index (χ1v) is 6.60. The van der Waals surface area contributed by atoms with Crippen molar-refractivity contribution in [2.45, 2.75) is 57.3 Å². The van der Waals surface area contributed by atoms with Gasteiger partial charge in [-0.05, 0) is 43.5 Å². The number of carbonyl (C=O) groups excluding carboxylic acids is 1. The minimum atomic E-state index is -0.139. The molecule has 1 rings (SSSR count). The highest BCUT2D eigenvalue weighted by molar-refractivity contribution is 8.13.